The minimum Gasteiger partial charge on any atom is -0.348 e. The minimum absolute atomic E-state index is 0.0151. The van der Waals surface area contributed by atoms with Gasteiger partial charge in [-0.1, -0.05) is 54.1 Å². The topological polar surface area (TPSA) is 58.2 Å². The van der Waals surface area contributed by atoms with E-state index in [9.17, 15) is 9.59 Å². The molecule has 0 spiro atoms. The second kappa shape index (κ2) is 8.72. The van der Waals surface area contributed by atoms with Crippen molar-refractivity contribution in [2.45, 2.75) is 26.3 Å². The largest absolute Gasteiger partial charge is 0.348 e. The molecule has 152 valence electrons. The summed E-state index contributed by atoms with van der Waals surface area (Å²) in [6, 6.07) is 20.9. The zero-order valence-electron chi connectivity index (χ0n) is 16.7. The number of nitrogens with one attached hydrogen (secondary N) is 2. The first kappa shape index (κ1) is 20.2. The van der Waals surface area contributed by atoms with Crippen molar-refractivity contribution in [1.29, 1.82) is 0 Å². The van der Waals surface area contributed by atoms with Crippen LogP contribution < -0.4 is 10.6 Å². The third kappa shape index (κ3) is 4.71. The number of hydrogen-bond acceptors (Lipinski definition) is 2. The van der Waals surface area contributed by atoms with E-state index in [4.69, 9.17) is 11.6 Å². The van der Waals surface area contributed by atoms with Crippen LogP contribution in [-0.4, -0.2) is 11.8 Å². The van der Waals surface area contributed by atoms with Gasteiger partial charge in [0.1, 0.15) is 0 Å². The van der Waals surface area contributed by atoms with Crippen LogP contribution in [0.3, 0.4) is 0 Å². The van der Waals surface area contributed by atoms with Gasteiger partial charge in [-0.05, 0) is 60.7 Å². The van der Waals surface area contributed by atoms with Crippen molar-refractivity contribution < 1.29 is 9.59 Å². The van der Waals surface area contributed by atoms with Crippen molar-refractivity contribution in [2.75, 3.05) is 5.32 Å². The molecule has 0 unspecified atom stereocenters. The van der Waals surface area contributed by atoms with Crippen molar-refractivity contribution in [2.24, 2.45) is 5.92 Å². The molecule has 1 fully saturated rings. The minimum atomic E-state index is -0.201. The summed E-state index contributed by atoms with van der Waals surface area (Å²) in [5, 5.41) is 6.59. The van der Waals surface area contributed by atoms with E-state index < -0.39 is 0 Å². The van der Waals surface area contributed by atoms with Gasteiger partial charge < -0.3 is 10.6 Å². The summed E-state index contributed by atoms with van der Waals surface area (Å²) in [4.78, 5) is 25.2. The van der Waals surface area contributed by atoms with Crippen LogP contribution in [-0.2, 0) is 11.3 Å². The predicted octanol–water partition coefficient (Wildman–Crippen LogP) is 5.59. The summed E-state index contributed by atoms with van der Waals surface area (Å²) in [6.07, 6.45) is 1.84. The number of benzene rings is 3. The summed E-state index contributed by atoms with van der Waals surface area (Å²) in [6.45, 7) is 2.41. The lowest BCUT2D eigenvalue weighted by Crippen LogP contribution is -2.23. The highest BCUT2D eigenvalue weighted by Crippen LogP contribution is 2.35. The third-order valence-electron chi connectivity index (χ3n) is 5.27. The SMILES string of the molecule is Cc1ccccc1-c1ccc(C(=O)NCc2cccc(Cl)c2)cc1NC(=O)C1CC1. The summed E-state index contributed by atoms with van der Waals surface area (Å²) < 4.78 is 0. The maximum absolute atomic E-state index is 12.7. The Bertz CT molecular complexity index is 1110. The summed E-state index contributed by atoms with van der Waals surface area (Å²) in [5.74, 6) is -0.107. The molecule has 0 radical (unpaired) electrons. The Hall–Kier alpha value is -3.11. The quantitative estimate of drug-likeness (QED) is 0.547. The van der Waals surface area contributed by atoms with Crippen LogP contribution in [0.5, 0.6) is 0 Å². The van der Waals surface area contributed by atoms with Gasteiger partial charge in [0.2, 0.25) is 5.91 Å². The Labute approximate surface area is 181 Å². The highest BCUT2D eigenvalue weighted by atomic mass is 35.5. The van der Waals surface area contributed by atoms with Crippen molar-refractivity contribution >= 4 is 29.1 Å². The summed E-state index contributed by atoms with van der Waals surface area (Å²) in [7, 11) is 0. The van der Waals surface area contributed by atoms with Crippen molar-refractivity contribution in [3.05, 3.63) is 88.4 Å². The maximum atomic E-state index is 12.7. The average molecular weight is 419 g/mol. The Balaban J connectivity index is 1.59. The van der Waals surface area contributed by atoms with Gasteiger partial charge >= 0.3 is 0 Å². The third-order valence-corrected chi connectivity index (χ3v) is 5.50. The molecule has 0 atom stereocenters. The van der Waals surface area contributed by atoms with E-state index >= 15 is 0 Å². The van der Waals surface area contributed by atoms with E-state index in [1.807, 2.05) is 55.5 Å². The molecule has 4 nitrogen and oxygen atoms in total. The van der Waals surface area contributed by atoms with Crippen LogP contribution in [0.1, 0.15) is 34.3 Å². The number of rotatable bonds is 6. The summed E-state index contributed by atoms with van der Waals surface area (Å²) >= 11 is 6.01. The number of anilines is 1. The molecule has 0 aliphatic heterocycles. The molecule has 0 saturated heterocycles. The first-order valence-corrected chi connectivity index (χ1v) is 10.4. The maximum Gasteiger partial charge on any atom is 0.251 e. The summed E-state index contributed by atoms with van der Waals surface area (Å²) in [5.41, 5.74) is 5.15. The molecule has 2 amide bonds. The van der Waals surface area contributed by atoms with Crippen LogP contribution in [0, 0.1) is 12.8 Å². The lowest BCUT2D eigenvalue weighted by molar-refractivity contribution is -0.117. The van der Waals surface area contributed by atoms with Crippen LogP contribution in [0.25, 0.3) is 11.1 Å². The molecule has 0 heterocycles. The van der Waals surface area contributed by atoms with E-state index in [1.165, 1.54) is 0 Å². The van der Waals surface area contributed by atoms with Crippen molar-refractivity contribution in [1.82, 2.24) is 5.32 Å². The number of hydrogen-bond donors (Lipinski definition) is 2. The molecule has 3 aromatic carbocycles. The molecule has 5 heteroatoms. The fraction of sp³-hybridized carbons (Fsp3) is 0.200. The standard InChI is InChI=1S/C25H23ClN2O2/c1-16-5-2-3-8-21(16)22-12-11-19(14-23(22)28-25(30)18-9-10-18)24(29)27-15-17-6-4-7-20(26)13-17/h2-8,11-14,18H,9-10,15H2,1H3,(H,27,29)(H,28,30). The highest BCUT2D eigenvalue weighted by molar-refractivity contribution is 6.30. The molecule has 1 saturated carbocycles. The highest BCUT2D eigenvalue weighted by Gasteiger charge is 2.30. The Morgan fingerprint density at radius 2 is 1.77 bits per heavy atom. The Morgan fingerprint density at radius 1 is 0.967 bits per heavy atom. The fourth-order valence-electron chi connectivity index (χ4n) is 3.41. The first-order chi connectivity index (χ1) is 14.5. The number of aryl methyl sites for hydroxylation is 1. The molecular weight excluding hydrogens is 396 g/mol. The van der Waals surface area contributed by atoms with Gasteiger partial charge in [0, 0.05) is 34.3 Å². The van der Waals surface area contributed by atoms with E-state index in [0.717, 1.165) is 35.1 Å². The number of amides is 2. The Morgan fingerprint density at radius 3 is 2.50 bits per heavy atom. The van der Waals surface area contributed by atoms with E-state index in [-0.39, 0.29) is 17.7 Å². The van der Waals surface area contributed by atoms with Crippen LogP contribution in [0.15, 0.2) is 66.7 Å². The molecule has 2 N–H and O–H groups in total. The zero-order chi connectivity index (χ0) is 21.1. The van der Waals surface area contributed by atoms with E-state index in [1.54, 1.807) is 18.2 Å². The first-order valence-electron chi connectivity index (χ1n) is 10.0. The normalized spacial score (nSPS) is 13.0. The van der Waals surface area contributed by atoms with Gasteiger partial charge in [-0.3, -0.25) is 9.59 Å². The number of carbonyl (C=O) groups is 2. The molecule has 3 aromatic rings. The number of halogens is 1. The van der Waals surface area contributed by atoms with Gasteiger partial charge in [-0.2, -0.15) is 0 Å². The Kier molecular flexibility index (Phi) is 5.86. The van der Waals surface area contributed by atoms with E-state index in [2.05, 4.69) is 10.6 Å². The fourth-order valence-corrected chi connectivity index (χ4v) is 3.62. The van der Waals surface area contributed by atoms with Crippen molar-refractivity contribution in [3.8, 4) is 11.1 Å². The monoisotopic (exact) mass is 418 g/mol. The predicted molar refractivity (Wildman–Crippen MR) is 121 cm³/mol. The van der Waals surface area contributed by atoms with Crippen LogP contribution in [0.2, 0.25) is 5.02 Å². The van der Waals surface area contributed by atoms with Crippen LogP contribution in [0.4, 0.5) is 5.69 Å². The van der Waals surface area contributed by atoms with Gasteiger partial charge in [-0.15, -0.1) is 0 Å². The molecule has 1 aliphatic rings. The second-order valence-corrected chi connectivity index (χ2v) is 8.09. The second-order valence-electron chi connectivity index (χ2n) is 7.65. The lowest BCUT2D eigenvalue weighted by Gasteiger charge is -2.15. The molecule has 0 aromatic heterocycles. The van der Waals surface area contributed by atoms with E-state index in [0.29, 0.717) is 22.8 Å². The molecule has 30 heavy (non-hydrogen) atoms. The molecule has 0 bridgehead atoms. The van der Waals surface area contributed by atoms with Gasteiger partial charge in [0.25, 0.3) is 5.91 Å². The molecule has 1 aliphatic carbocycles. The smallest absolute Gasteiger partial charge is 0.251 e. The van der Waals surface area contributed by atoms with Gasteiger partial charge in [0.15, 0.2) is 0 Å². The van der Waals surface area contributed by atoms with Gasteiger partial charge in [0.05, 0.1) is 0 Å². The lowest BCUT2D eigenvalue weighted by atomic mass is 9.97. The number of carbonyl (C=O) groups excluding carboxylic acids is 2. The zero-order valence-corrected chi connectivity index (χ0v) is 17.5. The van der Waals surface area contributed by atoms with Crippen molar-refractivity contribution in [3.63, 3.8) is 0 Å². The van der Waals surface area contributed by atoms with Crippen LogP contribution >= 0.6 is 11.6 Å². The molecule has 4 rings (SSSR count). The molecular formula is C25H23ClN2O2. The van der Waals surface area contributed by atoms with Gasteiger partial charge in [-0.25, -0.2) is 0 Å². The average Bonchev–Trinajstić information content (AvgIpc) is 3.58.